The quantitative estimate of drug-likeness (QED) is 0.740. The highest BCUT2D eigenvalue weighted by Crippen LogP contribution is 2.41. The Morgan fingerprint density at radius 2 is 1.85 bits per heavy atom. The van der Waals surface area contributed by atoms with Crippen molar-refractivity contribution in [2.45, 2.75) is 24.6 Å². The molecule has 0 amide bonds. The topological polar surface area (TPSA) is 42.3 Å². The van der Waals surface area contributed by atoms with Crippen molar-refractivity contribution < 1.29 is 4.84 Å². The molecule has 0 spiro atoms. The number of hydroxylamine groups is 2. The Balaban J connectivity index is 1.55. The first-order valence-electron chi connectivity index (χ1n) is 8.97. The molecule has 4 rings (SSSR count). The lowest BCUT2D eigenvalue weighted by atomic mass is 9.85. The normalized spacial score (nSPS) is 23.2. The van der Waals surface area contributed by atoms with Gasteiger partial charge in [0.05, 0.1) is 18.0 Å². The third kappa shape index (κ3) is 3.36. The summed E-state index contributed by atoms with van der Waals surface area (Å²) in [6, 6.07) is 20.9. The smallest absolute Gasteiger partial charge is 0.0987 e. The van der Waals surface area contributed by atoms with E-state index in [1.165, 1.54) is 5.56 Å². The summed E-state index contributed by atoms with van der Waals surface area (Å²) >= 11 is 0. The Morgan fingerprint density at radius 3 is 2.54 bits per heavy atom. The van der Waals surface area contributed by atoms with E-state index in [0.717, 1.165) is 25.2 Å². The van der Waals surface area contributed by atoms with Gasteiger partial charge >= 0.3 is 0 Å². The first-order chi connectivity index (χ1) is 12.8. The van der Waals surface area contributed by atoms with Gasteiger partial charge in [0.15, 0.2) is 0 Å². The van der Waals surface area contributed by atoms with E-state index in [0.29, 0.717) is 0 Å². The Labute approximate surface area is 154 Å². The summed E-state index contributed by atoms with van der Waals surface area (Å²) in [6.45, 7) is 1.57. The van der Waals surface area contributed by atoms with E-state index in [4.69, 9.17) is 4.84 Å². The second-order valence-corrected chi connectivity index (χ2v) is 6.81. The summed E-state index contributed by atoms with van der Waals surface area (Å²) < 4.78 is 2.12. The first kappa shape index (κ1) is 16.8. The van der Waals surface area contributed by atoms with Crippen molar-refractivity contribution >= 4 is 5.69 Å². The number of anilines is 1. The Kier molecular flexibility index (Phi) is 4.73. The van der Waals surface area contributed by atoms with Crippen molar-refractivity contribution in [1.82, 2.24) is 14.6 Å². The summed E-state index contributed by atoms with van der Waals surface area (Å²) in [7, 11) is 2.03. The summed E-state index contributed by atoms with van der Waals surface area (Å²) in [4.78, 5) is 10.4. The minimum atomic E-state index is -0.217. The summed E-state index contributed by atoms with van der Waals surface area (Å²) in [6.07, 6.45) is 6.71. The van der Waals surface area contributed by atoms with Gasteiger partial charge in [0, 0.05) is 44.6 Å². The maximum atomic E-state index is 6.24. The van der Waals surface area contributed by atoms with Crippen molar-refractivity contribution in [3.05, 3.63) is 84.9 Å². The molecule has 0 aliphatic carbocycles. The predicted molar refractivity (Wildman–Crippen MR) is 103 cm³/mol. The van der Waals surface area contributed by atoms with Gasteiger partial charge in [-0.2, -0.15) is 5.06 Å². The lowest BCUT2D eigenvalue weighted by Gasteiger charge is -2.34. The molecule has 2 atom stereocenters. The predicted octanol–water partition coefficient (Wildman–Crippen LogP) is 3.53. The molecule has 3 aromatic rings. The van der Waals surface area contributed by atoms with Crippen LogP contribution in [0.25, 0.3) is 0 Å². The molecule has 134 valence electrons. The largest absolute Gasteiger partial charge is 0.382 e. The van der Waals surface area contributed by atoms with Gasteiger partial charge in [0.25, 0.3) is 0 Å². The fourth-order valence-electron chi connectivity index (χ4n) is 3.75. The molecule has 5 heteroatoms. The number of para-hydroxylation sites is 1. The number of nitrogens with zero attached hydrogens (tertiary/aromatic N) is 3. The van der Waals surface area contributed by atoms with Gasteiger partial charge in [-0.25, -0.2) is 4.98 Å². The van der Waals surface area contributed by atoms with Crippen LogP contribution in [0.3, 0.4) is 0 Å². The van der Waals surface area contributed by atoms with Crippen LogP contribution in [0.2, 0.25) is 0 Å². The molecule has 1 saturated heterocycles. The highest BCUT2D eigenvalue weighted by molar-refractivity contribution is 5.42. The molecule has 1 fully saturated rings. The average Bonchev–Trinajstić information content (AvgIpc) is 3.30. The fraction of sp³-hybridized carbons (Fsp3) is 0.286. The van der Waals surface area contributed by atoms with E-state index >= 15 is 0 Å². The van der Waals surface area contributed by atoms with Crippen LogP contribution in [0.15, 0.2) is 79.4 Å². The number of nitrogens with one attached hydrogen (secondary N) is 1. The highest BCUT2D eigenvalue weighted by atomic mass is 16.7. The van der Waals surface area contributed by atoms with Crippen molar-refractivity contribution in [1.29, 1.82) is 0 Å². The summed E-state index contributed by atoms with van der Waals surface area (Å²) in [5, 5.41) is 5.51. The van der Waals surface area contributed by atoms with Crippen LogP contribution in [0.1, 0.15) is 12.0 Å². The molecule has 0 bridgehead atoms. The molecule has 1 N–H and O–H groups in total. The lowest BCUT2D eigenvalue weighted by molar-refractivity contribution is -0.171. The molecular weight excluding hydrogens is 324 g/mol. The van der Waals surface area contributed by atoms with Crippen molar-refractivity contribution in [3.63, 3.8) is 0 Å². The monoisotopic (exact) mass is 348 g/mol. The van der Waals surface area contributed by atoms with E-state index in [9.17, 15) is 0 Å². The molecule has 26 heavy (non-hydrogen) atoms. The Bertz CT molecular complexity index is 807. The summed E-state index contributed by atoms with van der Waals surface area (Å²) in [5.41, 5.74) is 2.16. The number of imidazole rings is 1. The van der Waals surface area contributed by atoms with E-state index in [2.05, 4.69) is 57.3 Å². The molecule has 1 aliphatic rings. The fourth-order valence-corrected chi connectivity index (χ4v) is 3.75. The van der Waals surface area contributed by atoms with Gasteiger partial charge in [-0.05, 0) is 17.7 Å². The van der Waals surface area contributed by atoms with Crippen molar-refractivity contribution in [2.24, 2.45) is 0 Å². The van der Waals surface area contributed by atoms with Gasteiger partial charge in [-0.3, -0.25) is 4.84 Å². The number of benzene rings is 2. The SMILES string of the molecule is CN1OC(CNc2ccccc2)CC1(Cn1ccnc1)c1ccccc1. The molecule has 0 radical (unpaired) electrons. The van der Waals surface area contributed by atoms with Gasteiger partial charge in [0.2, 0.25) is 0 Å². The second kappa shape index (κ2) is 7.32. The number of aromatic nitrogens is 2. The second-order valence-electron chi connectivity index (χ2n) is 6.81. The summed E-state index contributed by atoms with van der Waals surface area (Å²) in [5.74, 6) is 0. The van der Waals surface area contributed by atoms with E-state index in [-0.39, 0.29) is 11.6 Å². The molecule has 1 aliphatic heterocycles. The van der Waals surface area contributed by atoms with Crippen LogP contribution in [-0.2, 0) is 16.9 Å². The zero-order valence-electron chi connectivity index (χ0n) is 15.0. The molecule has 0 saturated carbocycles. The molecule has 5 nitrogen and oxygen atoms in total. The van der Waals surface area contributed by atoms with E-state index in [1.54, 1.807) is 0 Å². The van der Waals surface area contributed by atoms with Crippen LogP contribution in [0, 0.1) is 0 Å². The maximum Gasteiger partial charge on any atom is 0.0987 e. The van der Waals surface area contributed by atoms with E-state index < -0.39 is 0 Å². The van der Waals surface area contributed by atoms with Crippen molar-refractivity contribution in [3.8, 4) is 0 Å². The average molecular weight is 348 g/mol. The van der Waals surface area contributed by atoms with Gasteiger partial charge in [0.1, 0.15) is 0 Å². The number of likely N-dealkylation sites (N-methyl/N-ethyl adjacent to an activating group) is 1. The van der Waals surface area contributed by atoms with Crippen LogP contribution in [0.5, 0.6) is 0 Å². The first-order valence-corrected chi connectivity index (χ1v) is 8.97. The maximum absolute atomic E-state index is 6.24. The minimum Gasteiger partial charge on any atom is -0.382 e. The van der Waals surface area contributed by atoms with Crippen molar-refractivity contribution in [2.75, 3.05) is 18.9 Å². The third-order valence-corrected chi connectivity index (χ3v) is 5.10. The Morgan fingerprint density at radius 1 is 1.12 bits per heavy atom. The van der Waals surface area contributed by atoms with Gasteiger partial charge in [-0.15, -0.1) is 0 Å². The van der Waals surface area contributed by atoms with Gasteiger partial charge < -0.3 is 9.88 Å². The minimum absolute atomic E-state index is 0.101. The van der Waals surface area contributed by atoms with Crippen LogP contribution in [-0.4, -0.2) is 34.3 Å². The standard InChI is InChI=1S/C21H24N4O/c1-24-21(16-25-13-12-22-17-25,18-8-4-2-5-9-18)14-20(26-24)15-23-19-10-6-3-7-11-19/h2-13,17,20,23H,14-16H2,1H3. The molecular formula is C21H24N4O. The Hall–Kier alpha value is -2.63. The number of hydrogen-bond acceptors (Lipinski definition) is 4. The zero-order chi connectivity index (χ0) is 17.8. The molecule has 1 aromatic heterocycles. The van der Waals surface area contributed by atoms with Crippen LogP contribution >= 0.6 is 0 Å². The highest BCUT2D eigenvalue weighted by Gasteiger charge is 2.46. The zero-order valence-corrected chi connectivity index (χ0v) is 15.0. The number of hydrogen-bond donors (Lipinski definition) is 1. The third-order valence-electron chi connectivity index (χ3n) is 5.10. The molecule has 2 heterocycles. The molecule has 2 unspecified atom stereocenters. The van der Waals surface area contributed by atoms with Crippen LogP contribution < -0.4 is 5.32 Å². The van der Waals surface area contributed by atoms with Crippen LogP contribution in [0.4, 0.5) is 5.69 Å². The van der Waals surface area contributed by atoms with E-state index in [1.807, 2.05) is 49.0 Å². The van der Waals surface area contributed by atoms with Gasteiger partial charge in [-0.1, -0.05) is 48.5 Å². The number of rotatable bonds is 6. The molecule has 2 aromatic carbocycles. The lowest BCUT2D eigenvalue weighted by Crippen LogP contribution is -2.41.